The first-order chi connectivity index (χ1) is 9.16. The van der Waals surface area contributed by atoms with Gasteiger partial charge in [0.1, 0.15) is 0 Å². The lowest BCUT2D eigenvalue weighted by molar-refractivity contribution is -0.121. The second-order valence-corrected chi connectivity index (χ2v) is 5.30. The number of nitrogens with one attached hydrogen (secondary N) is 3. The molecular weight excluding hydrogens is 240 g/mol. The second kappa shape index (κ2) is 13.8. The molecule has 0 aliphatic rings. The number of nitrogens with two attached hydrogens (primary N) is 1. The van der Waals surface area contributed by atoms with Crippen LogP contribution in [-0.2, 0) is 4.79 Å². The summed E-state index contributed by atoms with van der Waals surface area (Å²) in [6.07, 6.45) is 3.79. The molecule has 0 aromatic carbocycles. The first-order valence-corrected chi connectivity index (χ1v) is 7.55. The number of carbonyl (C=O) groups excluding carboxylic acids is 1. The third kappa shape index (κ3) is 15.3. The highest BCUT2D eigenvalue weighted by molar-refractivity contribution is 5.75. The largest absolute Gasteiger partial charge is 0.356 e. The van der Waals surface area contributed by atoms with E-state index in [9.17, 15) is 4.79 Å². The summed E-state index contributed by atoms with van der Waals surface area (Å²) in [5, 5.41) is 9.66. The van der Waals surface area contributed by atoms with Gasteiger partial charge in [-0.3, -0.25) is 4.79 Å². The molecule has 0 aromatic heterocycles. The van der Waals surface area contributed by atoms with Gasteiger partial charge in [0.2, 0.25) is 5.91 Å². The normalized spacial score (nSPS) is 10.9. The predicted molar refractivity (Wildman–Crippen MR) is 81.1 cm³/mol. The maximum absolute atomic E-state index is 11.4. The Morgan fingerprint density at radius 3 is 2.00 bits per heavy atom. The van der Waals surface area contributed by atoms with Crippen LogP contribution in [0.1, 0.15) is 39.5 Å². The van der Waals surface area contributed by atoms with E-state index in [1.54, 1.807) is 0 Å². The van der Waals surface area contributed by atoms with Gasteiger partial charge in [0.15, 0.2) is 0 Å². The molecule has 5 nitrogen and oxygen atoms in total. The van der Waals surface area contributed by atoms with Crippen molar-refractivity contribution in [3.8, 4) is 0 Å². The van der Waals surface area contributed by atoms with Crippen molar-refractivity contribution in [3.05, 3.63) is 0 Å². The molecule has 0 fully saturated rings. The number of hydrogen-bond acceptors (Lipinski definition) is 4. The molecule has 5 N–H and O–H groups in total. The molecule has 0 atom stereocenters. The third-order valence-corrected chi connectivity index (χ3v) is 2.71. The van der Waals surface area contributed by atoms with Gasteiger partial charge in [0, 0.05) is 13.0 Å². The minimum Gasteiger partial charge on any atom is -0.356 e. The molecule has 19 heavy (non-hydrogen) atoms. The van der Waals surface area contributed by atoms with Gasteiger partial charge in [-0.05, 0) is 57.9 Å². The van der Waals surface area contributed by atoms with E-state index in [2.05, 4.69) is 29.8 Å². The fourth-order valence-corrected chi connectivity index (χ4v) is 1.70. The van der Waals surface area contributed by atoms with Gasteiger partial charge < -0.3 is 21.7 Å². The van der Waals surface area contributed by atoms with Crippen LogP contribution < -0.4 is 21.7 Å². The quantitative estimate of drug-likeness (QED) is 0.367. The molecular formula is C14H32N4O. The summed E-state index contributed by atoms with van der Waals surface area (Å²) in [6, 6.07) is 0. The topological polar surface area (TPSA) is 79.2 Å². The van der Waals surface area contributed by atoms with Crippen molar-refractivity contribution >= 4 is 5.91 Å². The Bertz CT molecular complexity index is 210. The monoisotopic (exact) mass is 272 g/mol. The van der Waals surface area contributed by atoms with Crippen LogP contribution in [0.15, 0.2) is 0 Å². The van der Waals surface area contributed by atoms with Crippen molar-refractivity contribution < 1.29 is 4.79 Å². The van der Waals surface area contributed by atoms with Gasteiger partial charge in [0.05, 0.1) is 0 Å². The van der Waals surface area contributed by atoms with Gasteiger partial charge in [-0.15, -0.1) is 0 Å². The van der Waals surface area contributed by atoms with Gasteiger partial charge in [-0.2, -0.15) is 0 Å². The highest BCUT2D eigenvalue weighted by atomic mass is 16.1. The lowest BCUT2D eigenvalue weighted by atomic mass is 10.1. The SMILES string of the molecule is CC(C)CC(=O)NCCCNCCCNCCCN. The van der Waals surface area contributed by atoms with Crippen LogP contribution in [0.4, 0.5) is 0 Å². The van der Waals surface area contributed by atoms with E-state index in [1.165, 1.54) is 0 Å². The van der Waals surface area contributed by atoms with Gasteiger partial charge in [-0.1, -0.05) is 13.8 Å². The van der Waals surface area contributed by atoms with E-state index >= 15 is 0 Å². The van der Waals surface area contributed by atoms with Crippen molar-refractivity contribution in [1.29, 1.82) is 0 Å². The first kappa shape index (κ1) is 18.4. The minimum atomic E-state index is 0.166. The molecule has 0 rings (SSSR count). The molecule has 0 saturated heterocycles. The van der Waals surface area contributed by atoms with E-state index < -0.39 is 0 Å². The Morgan fingerprint density at radius 1 is 0.947 bits per heavy atom. The molecule has 114 valence electrons. The summed E-state index contributed by atoms with van der Waals surface area (Å²) in [5.74, 6) is 0.601. The lowest BCUT2D eigenvalue weighted by Gasteiger charge is -2.08. The molecule has 0 saturated carbocycles. The van der Waals surface area contributed by atoms with Crippen LogP contribution in [-0.4, -0.2) is 45.2 Å². The van der Waals surface area contributed by atoms with E-state index in [4.69, 9.17) is 5.73 Å². The van der Waals surface area contributed by atoms with Crippen LogP contribution in [0.2, 0.25) is 0 Å². The average Bonchev–Trinajstić information content (AvgIpc) is 2.35. The molecule has 0 heterocycles. The molecule has 0 radical (unpaired) electrons. The number of hydrogen-bond donors (Lipinski definition) is 4. The van der Waals surface area contributed by atoms with E-state index in [-0.39, 0.29) is 5.91 Å². The molecule has 5 heteroatoms. The van der Waals surface area contributed by atoms with Gasteiger partial charge >= 0.3 is 0 Å². The fraction of sp³-hybridized carbons (Fsp3) is 0.929. The van der Waals surface area contributed by atoms with E-state index in [1.807, 2.05) is 0 Å². The zero-order valence-corrected chi connectivity index (χ0v) is 12.6. The molecule has 0 aromatic rings. The van der Waals surface area contributed by atoms with E-state index in [0.29, 0.717) is 12.3 Å². The maximum Gasteiger partial charge on any atom is 0.220 e. The summed E-state index contributed by atoms with van der Waals surface area (Å²) >= 11 is 0. The van der Waals surface area contributed by atoms with Crippen LogP contribution in [0.5, 0.6) is 0 Å². The zero-order valence-electron chi connectivity index (χ0n) is 12.6. The highest BCUT2D eigenvalue weighted by Crippen LogP contribution is 1.97. The van der Waals surface area contributed by atoms with Crippen molar-refractivity contribution in [2.24, 2.45) is 11.7 Å². The van der Waals surface area contributed by atoms with Crippen LogP contribution in [0, 0.1) is 5.92 Å². The van der Waals surface area contributed by atoms with Crippen molar-refractivity contribution in [3.63, 3.8) is 0 Å². The highest BCUT2D eigenvalue weighted by Gasteiger charge is 2.02. The van der Waals surface area contributed by atoms with Gasteiger partial charge in [0.25, 0.3) is 0 Å². The number of rotatable bonds is 13. The van der Waals surface area contributed by atoms with Gasteiger partial charge in [-0.25, -0.2) is 0 Å². The average molecular weight is 272 g/mol. The molecule has 1 amide bonds. The zero-order chi connectivity index (χ0) is 14.3. The fourth-order valence-electron chi connectivity index (χ4n) is 1.70. The smallest absolute Gasteiger partial charge is 0.220 e. The second-order valence-electron chi connectivity index (χ2n) is 5.30. The third-order valence-electron chi connectivity index (χ3n) is 2.71. The Morgan fingerprint density at radius 2 is 1.47 bits per heavy atom. The number of carbonyl (C=O) groups is 1. The Balaban J connectivity index is 3.08. The standard InChI is InChI=1S/C14H32N4O/c1-13(2)12-14(19)18-11-5-10-17-9-4-8-16-7-3-6-15/h13,16-17H,3-12,15H2,1-2H3,(H,18,19). The number of amides is 1. The lowest BCUT2D eigenvalue weighted by Crippen LogP contribution is -2.29. The molecule has 0 bridgehead atoms. The summed E-state index contributed by atoms with van der Waals surface area (Å²) in [4.78, 5) is 11.4. The summed E-state index contributed by atoms with van der Waals surface area (Å²) in [5.41, 5.74) is 5.40. The molecule has 0 aliphatic carbocycles. The Kier molecular flexibility index (Phi) is 13.3. The minimum absolute atomic E-state index is 0.166. The first-order valence-electron chi connectivity index (χ1n) is 7.55. The summed E-state index contributed by atoms with van der Waals surface area (Å²) < 4.78 is 0. The van der Waals surface area contributed by atoms with Crippen molar-refractivity contribution in [2.75, 3.05) is 39.3 Å². The summed E-state index contributed by atoms with van der Waals surface area (Å²) in [7, 11) is 0. The van der Waals surface area contributed by atoms with E-state index in [0.717, 1.165) is 58.5 Å². The predicted octanol–water partition coefficient (Wildman–Crippen LogP) is 0.457. The molecule has 0 spiro atoms. The van der Waals surface area contributed by atoms with Crippen LogP contribution in [0.3, 0.4) is 0 Å². The molecule has 0 unspecified atom stereocenters. The van der Waals surface area contributed by atoms with Crippen molar-refractivity contribution in [1.82, 2.24) is 16.0 Å². The molecule has 0 aliphatic heterocycles. The summed E-state index contributed by atoms with van der Waals surface area (Å²) in [6.45, 7) is 9.68. The maximum atomic E-state index is 11.4. The Hall–Kier alpha value is -0.650. The van der Waals surface area contributed by atoms with Crippen molar-refractivity contribution in [2.45, 2.75) is 39.5 Å². The van der Waals surface area contributed by atoms with Crippen LogP contribution in [0.25, 0.3) is 0 Å². The Labute approximate surface area is 118 Å². The van der Waals surface area contributed by atoms with Crippen LogP contribution >= 0.6 is 0 Å².